The minimum atomic E-state index is -1.73. The van der Waals surface area contributed by atoms with E-state index in [1.807, 2.05) is 0 Å². The summed E-state index contributed by atoms with van der Waals surface area (Å²) >= 11 is 1.18. The SMILES string of the molecule is CO[C@@]1(NC(=O)Cn2ccc(=O)cc2)C(=O)N2C(C(=O)O)=C(COC(C)=O)CS[C@@H]21. The van der Waals surface area contributed by atoms with Crippen LogP contribution in [0.5, 0.6) is 0 Å². The van der Waals surface area contributed by atoms with Gasteiger partial charge in [-0.05, 0) is 0 Å². The van der Waals surface area contributed by atoms with Crippen molar-refractivity contribution in [3.8, 4) is 0 Å². The number of amides is 2. The van der Waals surface area contributed by atoms with E-state index in [4.69, 9.17) is 9.47 Å². The van der Waals surface area contributed by atoms with Gasteiger partial charge in [-0.1, -0.05) is 0 Å². The van der Waals surface area contributed by atoms with Crippen molar-refractivity contribution < 1.29 is 33.8 Å². The first-order chi connectivity index (χ1) is 14.2. The Morgan fingerprint density at radius 1 is 1.30 bits per heavy atom. The van der Waals surface area contributed by atoms with E-state index in [0.29, 0.717) is 0 Å². The first-order valence-electron chi connectivity index (χ1n) is 8.76. The number of fused-ring (bicyclic) bond motifs is 1. The maximum absolute atomic E-state index is 12.9. The standard InChI is InChI=1S/C18H19N3O8S/c1-10(22)29-8-11-9-30-17-18(28-2,16(27)21(17)14(11)15(25)26)19-13(24)7-20-5-3-12(23)4-6-20/h3-6,17H,7-9H2,1-2H3,(H,19,24)(H,25,26)/t17-,18+/m1/s1. The number of aliphatic carboxylic acids is 1. The molecule has 0 unspecified atom stereocenters. The van der Waals surface area contributed by atoms with Crippen molar-refractivity contribution in [3.63, 3.8) is 0 Å². The van der Waals surface area contributed by atoms with Gasteiger partial charge in [0.1, 0.15) is 24.2 Å². The number of ether oxygens (including phenoxy) is 2. The maximum Gasteiger partial charge on any atom is 0.352 e. The number of nitrogens with one attached hydrogen (secondary N) is 1. The van der Waals surface area contributed by atoms with Crippen molar-refractivity contribution in [2.24, 2.45) is 0 Å². The van der Waals surface area contributed by atoms with E-state index in [1.54, 1.807) is 0 Å². The lowest BCUT2D eigenvalue weighted by Gasteiger charge is -2.55. The van der Waals surface area contributed by atoms with Crippen LogP contribution in [0.4, 0.5) is 0 Å². The molecule has 160 valence electrons. The summed E-state index contributed by atoms with van der Waals surface area (Å²) in [7, 11) is 1.24. The lowest BCUT2D eigenvalue weighted by atomic mass is 9.98. The monoisotopic (exact) mass is 437 g/mol. The average Bonchev–Trinajstić information content (AvgIpc) is 2.70. The summed E-state index contributed by atoms with van der Waals surface area (Å²) in [6, 6.07) is 2.59. The molecule has 0 aliphatic carbocycles. The van der Waals surface area contributed by atoms with Crippen LogP contribution in [-0.4, -0.2) is 68.9 Å². The summed E-state index contributed by atoms with van der Waals surface area (Å²) in [5.41, 5.74) is -1.95. The van der Waals surface area contributed by atoms with Gasteiger partial charge in [0.15, 0.2) is 5.43 Å². The number of carbonyl (C=O) groups is 4. The number of thioether (sulfide) groups is 1. The zero-order chi connectivity index (χ0) is 22.1. The molecule has 2 atom stereocenters. The molecule has 11 nitrogen and oxygen atoms in total. The summed E-state index contributed by atoms with van der Waals surface area (Å²) in [6.07, 6.45) is 2.86. The molecule has 3 rings (SSSR count). The van der Waals surface area contributed by atoms with Crippen LogP contribution in [0.1, 0.15) is 6.92 Å². The van der Waals surface area contributed by atoms with Crippen molar-refractivity contribution in [2.45, 2.75) is 24.6 Å². The molecular formula is C18H19N3O8S. The Balaban J connectivity index is 1.80. The highest BCUT2D eigenvalue weighted by atomic mass is 32.2. The molecule has 3 heterocycles. The fourth-order valence-electron chi connectivity index (χ4n) is 3.20. The number of carboxylic acid groups (broad SMARTS) is 1. The molecule has 0 spiro atoms. The Morgan fingerprint density at radius 2 is 1.97 bits per heavy atom. The molecule has 2 aliphatic rings. The zero-order valence-electron chi connectivity index (χ0n) is 16.1. The molecule has 0 saturated carbocycles. The third-order valence-electron chi connectivity index (χ3n) is 4.60. The zero-order valence-corrected chi connectivity index (χ0v) is 16.9. The van der Waals surface area contributed by atoms with Crippen molar-refractivity contribution in [3.05, 3.63) is 46.0 Å². The van der Waals surface area contributed by atoms with Gasteiger partial charge in [-0.3, -0.25) is 24.1 Å². The summed E-state index contributed by atoms with van der Waals surface area (Å²) in [5.74, 6) is -3.05. The van der Waals surface area contributed by atoms with E-state index in [2.05, 4.69) is 5.32 Å². The molecule has 1 aromatic rings. The van der Waals surface area contributed by atoms with E-state index in [-0.39, 0.29) is 35.6 Å². The van der Waals surface area contributed by atoms with Crippen molar-refractivity contribution in [1.29, 1.82) is 0 Å². The van der Waals surface area contributed by atoms with Gasteiger partial charge in [0, 0.05) is 49.9 Å². The van der Waals surface area contributed by atoms with Gasteiger partial charge in [-0.25, -0.2) is 4.79 Å². The molecule has 1 aromatic heterocycles. The van der Waals surface area contributed by atoms with Crippen LogP contribution in [0.25, 0.3) is 0 Å². The fraction of sp³-hybridized carbons (Fsp3) is 0.389. The highest BCUT2D eigenvalue weighted by Gasteiger charge is 2.66. The molecule has 0 aromatic carbocycles. The van der Waals surface area contributed by atoms with Crippen LogP contribution in [0.3, 0.4) is 0 Å². The Labute approximate surface area is 174 Å². The summed E-state index contributed by atoms with van der Waals surface area (Å²) in [4.78, 5) is 60.4. The third kappa shape index (κ3) is 3.83. The minimum absolute atomic E-state index is 0.171. The number of methoxy groups -OCH3 is 1. The lowest BCUT2D eigenvalue weighted by Crippen LogP contribution is -2.80. The predicted molar refractivity (Wildman–Crippen MR) is 103 cm³/mol. The fourth-order valence-corrected chi connectivity index (χ4v) is 4.62. The quantitative estimate of drug-likeness (QED) is 0.316. The number of aromatic nitrogens is 1. The Bertz CT molecular complexity index is 983. The highest BCUT2D eigenvalue weighted by Crippen LogP contribution is 2.46. The van der Waals surface area contributed by atoms with Crippen molar-refractivity contribution >= 4 is 35.5 Å². The smallest absolute Gasteiger partial charge is 0.352 e. The molecule has 2 amide bonds. The summed E-state index contributed by atoms with van der Waals surface area (Å²) < 4.78 is 11.7. The van der Waals surface area contributed by atoms with Crippen molar-refractivity contribution in [1.82, 2.24) is 14.8 Å². The minimum Gasteiger partial charge on any atom is -0.477 e. The normalized spacial score (nSPS) is 22.8. The number of β-lactam (4-membered cyclic amide) rings is 1. The molecular weight excluding hydrogens is 418 g/mol. The third-order valence-corrected chi connectivity index (χ3v) is 5.97. The number of carboxylic acids is 1. The first-order valence-corrected chi connectivity index (χ1v) is 9.80. The van der Waals surface area contributed by atoms with Crippen LogP contribution in [0.15, 0.2) is 40.6 Å². The van der Waals surface area contributed by atoms with Gasteiger partial charge in [-0.15, -0.1) is 11.8 Å². The number of hydrogen-bond acceptors (Lipinski definition) is 8. The second-order valence-corrected chi connectivity index (χ2v) is 7.64. The van der Waals surface area contributed by atoms with E-state index >= 15 is 0 Å². The van der Waals surface area contributed by atoms with Gasteiger partial charge in [0.25, 0.3) is 11.6 Å². The van der Waals surface area contributed by atoms with E-state index in [9.17, 15) is 29.1 Å². The van der Waals surface area contributed by atoms with Gasteiger partial charge in [0.2, 0.25) is 5.91 Å². The molecule has 12 heteroatoms. The average molecular weight is 437 g/mol. The molecule has 0 bridgehead atoms. The Morgan fingerprint density at radius 3 is 2.53 bits per heavy atom. The number of pyridine rings is 1. The molecule has 0 radical (unpaired) electrons. The Hall–Kier alpha value is -3.12. The molecule has 2 N–H and O–H groups in total. The highest BCUT2D eigenvalue weighted by molar-refractivity contribution is 8.00. The Kier molecular flexibility index (Phi) is 5.99. The largest absolute Gasteiger partial charge is 0.477 e. The van der Waals surface area contributed by atoms with E-state index < -0.39 is 34.9 Å². The van der Waals surface area contributed by atoms with Crippen LogP contribution < -0.4 is 10.7 Å². The van der Waals surface area contributed by atoms with Gasteiger partial charge >= 0.3 is 11.9 Å². The number of hydrogen-bond donors (Lipinski definition) is 2. The molecule has 1 saturated heterocycles. The predicted octanol–water partition coefficient (Wildman–Crippen LogP) is -0.876. The van der Waals surface area contributed by atoms with Crippen LogP contribution in [-0.2, 0) is 35.2 Å². The number of esters is 1. The second kappa shape index (κ2) is 8.32. The lowest BCUT2D eigenvalue weighted by molar-refractivity contribution is -0.192. The topological polar surface area (TPSA) is 144 Å². The number of rotatable bonds is 7. The van der Waals surface area contributed by atoms with Gasteiger partial charge in [-0.2, -0.15) is 0 Å². The number of nitrogens with zero attached hydrogens (tertiary/aromatic N) is 2. The molecule has 2 aliphatic heterocycles. The molecule has 1 fully saturated rings. The summed E-state index contributed by atoms with van der Waals surface area (Å²) in [5, 5.41) is 11.3. The second-order valence-electron chi connectivity index (χ2n) is 6.57. The van der Waals surface area contributed by atoms with Crippen molar-refractivity contribution in [2.75, 3.05) is 19.5 Å². The molecule has 30 heavy (non-hydrogen) atoms. The van der Waals surface area contributed by atoms with Crippen LogP contribution >= 0.6 is 11.8 Å². The van der Waals surface area contributed by atoms with Crippen LogP contribution in [0, 0.1) is 0 Å². The van der Waals surface area contributed by atoms with E-state index in [0.717, 1.165) is 4.90 Å². The van der Waals surface area contributed by atoms with E-state index in [1.165, 1.54) is 54.9 Å². The maximum atomic E-state index is 12.9. The van der Waals surface area contributed by atoms with Gasteiger partial charge < -0.3 is 24.5 Å². The van der Waals surface area contributed by atoms with Crippen LogP contribution in [0.2, 0.25) is 0 Å². The number of carbonyl (C=O) groups excluding carboxylic acids is 3. The van der Waals surface area contributed by atoms with Gasteiger partial charge in [0.05, 0.1) is 0 Å². The first kappa shape index (κ1) is 21.6. The summed E-state index contributed by atoms with van der Waals surface area (Å²) in [6.45, 7) is 0.775.